The van der Waals surface area contributed by atoms with Crippen molar-refractivity contribution < 1.29 is 0 Å². The second-order valence-corrected chi connectivity index (χ2v) is 5.16. The van der Waals surface area contributed by atoms with E-state index in [9.17, 15) is 0 Å². The number of rotatable bonds is 2. The van der Waals surface area contributed by atoms with Crippen molar-refractivity contribution in [2.45, 2.75) is 26.6 Å². The van der Waals surface area contributed by atoms with E-state index < -0.39 is 0 Å². The van der Waals surface area contributed by atoms with Crippen LogP contribution in [0.3, 0.4) is 0 Å². The molecule has 1 heterocycles. The molecule has 0 unspecified atom stereocenters. The topological polar surface area (TPSA) is 29.3 Å². The third-order valence-corrected chi connectivity index (χ3v) is 3.55. The average molecular weight is 238 g/mol. The van der Waals surface area contributed by atoms with Crippen LogP contribution < -0.4 is 5.73 Å². The zero-order chi connectivity index (χ0) is 12.5. The molecule has 0 saturated carbocycles. The molecule has 2 N–H and O–H groups in total. The maximum absolute atomic E-state index is 5.83. The Kier molecular flexibility index (Phi) is 2.80. The summed E-state index contributed by atoms with van der Waals surface area (Å²) in [5, 5.41) is 0. The van der Waals surface area contributed by atoms with Crippen molar-refractivity contribution in [3.05, 3.63) is 64.7 Å². The van der Waals surface area contributed by atoms with Crippen LogP contribution in [0.4, 0.5) is 5.69 Å². The molecule has 2 nitrogen and oxygen atoms in total. The van der Waals surface area contributed by atoms with Gasteiger partial charge in [-0.1, -0.05) is 35.9 Å². The van der Waals surface area contributed by atoms with Crippen molar-refractivity contribution >= 4 is 5.69 Å². The van der Waals surface area contributed by atoms with Crippen LogP contribution in [0.15, 0.2) is 42.5 Å². The number of anilines is 1. The van der Waals surface area contributed by atoms with Gasteiger partial charge in [0.15, 0.2) is 0 Å². The van der Waals surface area contributed by atoms with E-state index in [2.05, 4.69) is 48.2 Å². The van der Waals surface area contributed by atoms with Crippen molar-refractivity contribution in [2.75, 3.05) is 5.73 Å². The summed E-state index contributed by atoms with van der Waals surface area (Å²) in [5.74, 6) is 0. The van der Waals surface area contributed by atoms with Crippen molar-refractivity contribution in [1.29, 1.82) is 0 Å². The first-order valence-corrected chi connectivity index (χ1v) is 6.36. The quantitative estimate of drug-likeness (QED) is 0.815. The predicted molar refractivity (Wildman–Crippen MR) is 75.0 cm³/mol. The van der Waals surface area contributed by atoms with Crippen LogP contribution in [0.1, 0.15) is 22.3 Å². The number of fused-ring (bicyclic) bond motifs is 1. The molecular weight excluding hydrogens is 220 g/mol. The number of aryl methyl sites for hydroxylation is 1. The highest BCUT2D eigenvalue weighted by molar-refractivity contribution is 5.46. The van der Waals surface area contributed by atoms with Gasteiger partial charge in [0.05, 0.1) is 0 Å². The lowest BCUT2D eigenvalue weighted by atomic mass is 10.1. The van der Waals surface area contributed by atoms with Crippen molar-refractivity contribution in [2.24, 2.45) is 0 Å². The van der Waals surface area contributed by atoms with Crippen molar-refractivity contribution in [3.63, 3.8) is 0 Å². The molecule has 0 fully saturated rings. The van der Waals surface area contributed by atoms with Crippen LogP contribution in [0, 0.1) is 6.92 Å². The minimum atomic E-state index is 0.867. The molecule has 1 aliphatic rings. The van der Waals surface area contributed by atoms with Gasteiger partial charge in [0.2, 0.25) is 0 Å². The summed E-state index contributed by atoms with van der Waals surface area (Å²) in [6.07, 6.45) is 0. The minimum absolute atomic E-state index is 0.867. The van der Waals surface area contributed by atoms with E-state index in [0.717, 1.165) is 25.3 Å². The SMILES string of the molecule is Cc1ccc(CN2Cc3ccc(N)cc3C2)cc1. The Bertz CT molecular complexity index is 558. The highest BCUT2D eigenvalue weighted by atomic mass is 15.1. The summed E-state index contributed by atoms with van der Waals surface area (Å²) < 4.78 is 0. The fraction of sp³-hybridized carbons (Fsp3) is 0.250. The largest absolute Gasteiger partial charge is 0.399 e. The first-order valence-electron chi connectivity index (χ1n) is 6.36. The molecule has 92 valence electrons. The number of hydrogen-bond donors (Lipinski definition) is 1. The molecule has 0 saturated heterocycles. The van der Waals surface area contributed by atoms with E-state index in [1.54, 1.807) is 0 Å². The lowest BCUT2D eigenvalue weighted by Crippen LogP contribution is -2.15. The van der Waals surface area contributed by atoms with Gasteiger partial charge < -0.3 is 5.73 Å². The lowest BCUT2D eigenvalue weighted by molar-refractivity contribution is 0.275. The van der Waals surface area contributed by atoms with Crippen molar-refractivity contribution in [1.82, 2.24) is 4.90 Å². The average Bonchev–Trinajstić information content (AvgIpc) is 2.73. The van der Waals surface area contributed by atoms with E-state index in [1.165, 1.54) is 22.3 Å². The Hall–Kier alpha value is -1.80. The third kappa shape index (κ3) is 2.24. The molecule has 0 aromatic heterocycles. The molecule has 0 amide bonds. The van der Waals surface area contributed by atoms with Crippen LogP contribution in [0.25, 0.3) is 0 Å². The van der Waals surface area contributed by atoms with Crippen LogP contribution in [0.2, 0.25) is 0 Å². The summed E-state index contributed by atoms with van der Waals surface area (Å²) in [7, 11) is 0. The number of benzene rings is 2. The number of nitrogens with two attached hydrogens (primary N) is 1. The maximum Gasteiger partial charge on any atom is 0.0317 e. The van der Waals surface area contributed by atoms with Crippen LogP contribution in [0.5, 0.6) is 0 Å². The molecule has 0 spiro atoms. The highest BCUT2D eigenvalue weighted by Crippen LogP contribution is 2.26. The fourth-order valence-electron chi connectivity index (χ4n) is 2.55. The number of hydrogen-bond acceptors (Lipinski definition) is 2. The second kappa shape index (κ2) is 4.46. The first kappa shape index (κ1) is 11.3. The van der Waals surface area contributed by atoms with E-state index in [0.29, 0.717) is 0 Å². The van der Waals surface area contributed by atoms with Gasteiger partial charge in [-0.15, -0.1) is 0 Å². The van der Waals surface area contributed by atoms with Crippen LogP contribution in [-0.4, -0.2) is 4.90 Å². The Morgan fingerprint density at radius 1 is 1.00 bits per heavy atom. The van der Waals surface area contributed by atoms with E-state index in [4.69, 9.17) is 5.73 Å². The maximum atomic E-state index is 5.83. The summed E-state index contributed by atoms with van der Waals surface area (Å²) in [6, 6.07) is 15.0. The number of nitrogen functional groups attached to an aromatic ring is 1. The molecule has 18 heavy (non-hydrogen) atoms. The van der Waals surface area contributed by atoms with Gasteiger partial charge in [-0.3, -0.25) is 4.90 Å². The lowest BCUT2D eigenvalue weighted by Gasteiger charge is -2.14. The van der Waals surface area contributed by atoms with Gasteiger partial charge in [-0.25, -0.2) is 0 Å². The monoisotopic (exact) mass is 238 g/mol. The number of nitrogens with zero attached hydrogens (tertiary/aromatic N) is 1. The second-order valence-electron chi connectivity index (χ2n) is 5.16. The molecule has 3 rings (SSSR count). The van der Waals surface area contributed by atoms with Crippen molar-refractivity contribution in [3.8, 4) is 0 Å². The van der Waals surface area contributed by atoms with Gasteiger partial charge in [-0.2, -0.15) is 0 Å². The standard InChI is InChI=1S/C16H18N2/c1-12-2-4-13(5-3-12)9-18-10-14-6-7-16(17)8-15(14)11-18/h2-8H,9-11,17H2,1H3. The van der Waals surface area contributed by atoms with E-state index >= 15 is 0 Å². The normalized spacial score (nSPS) is 14.7. The fourth-order valence-corrected chi connectivity index (χ4v) is 2.55. The molecule has 2 aromatic carbocycles. The van der Waals surface area contributed by atoms with Crippen LogP contribution >= 0.6 is 0 Å². The Labute approximate surface area is 108 Å². The summed E-state index contributed by atoms with van der Waals surface area (Å²) in [6.45, 7) is 5.17. The van der Waals surface area contributed by atoms with E-state index in [1.807, 2.05) is 6.07 Å². The Morgan fingerprint density at radius 3 is 2.50 bits per heavy atom. The van der Waals surface area contributed by atoms with Crippen LogP contribution in [-0.2, 0) is 19.6 Å². The Balaban J connectivity index is 1.72. The Morgan fingerprint density at radius 2 is 1.72 bits per heavy atom. The zero-order valence-electron chi connectivity index (χ0n) is 10.7. The van der Waals surface area contributed by atoms with Gasteiger partial charge in [0, 0.05) is 25.3 Å². The molecule has 0 radical (unpaired) electrons. The smallest absolute Gasteiger partial charge is 0.0317 e. The molecule has 2 aromatic rings. The highest BCUT2D eigenvalue weighted by Gasteiger charge is 2.18. The molecule has 1 aliphatic heterocycles. The molecule has 2 heteroatoms. The summed E-state index contributed by atoms with van der Waals surface area (Å²) in [5.41, 5.74) is 12.2. The minimum Gasteiger partial charge on any atom is -0.399 e. The first-order chi connectivity index (χ1) is 8.70. The van der Waals surface area contributed by atoms with E-state index in [-0.39, 0.29) is 0 Å². The third-order valence-electron chi connectivity index (χ3n) is 3.55. The molecule has 0 atom stereocenters. The molecular formula is C16H18N2. The van der Waals surface area contributed by atoms with Gasteiger partial charge >= 0.3 is 0 Å². The van der Waals surface area contributed by atoms with Gasteiger partial charge in [-0.05, 0) is 35.7 Å². The van der Waals surface area contributed by atoms with Gasteiger partial charge in [0.1, 0.15) is 0 Å². The molecule has 0 bridgehead atoms. The van der Waals surface area contributed by atoms with Gasteiger partial charge in [0.25, 0.3) is 0 Å². The zero-order valence-corrected chi connectivity index (χ0v) is 10.7. The molecule has 0 aliphatic carbocycles. The predicted octanol–water partition coefficient (Wildman–Crippen LogP) is 3.09. The summed E-state index contributed by atoms with van der Waals surface area (Å²) >= 11 is 0. The summed E-state index contributed by atoms with van der Waals surface area (Å²) in [4.78, 5) is 2.45.